The lowest BCUT2D eigenvalue weighted by atomic mass is 10.2. The van der Waals surface area contributed by atoms with Crippen molar-refractivity contribution in [2.24, 2.45) is 0 Å². The first-order valence-corrected chi connectivity index (χ1v) is 8.05. The molecule has 1 aliphatic heterocycles. The molecule has 6 nitrogen and oxygen atoms in total. The van der Waals surface area contributed by atoms with Gasteiger partial charge in [-0.05, 0) is 18.2 Å². The standard InChI is InChI=1S/C17H17F3N4O2/c18-17(19,20)13-1-2-15(25)24(11-13)12-16(26)23-9-7-22(8-10-23)14-3-5-21-6-4-14/h1-6,11H,7-10,12H2. The van der Waals surface area contributed by atoms with Gasteiger partial charge in [0.15, 0.2) is 0 Å². The summed E-state index contributed by atoms with van der Waals surface area (Å²) in [6, 6.07) is 5.30. The van der Waals surface area contributed by atoms with Gasteiger partial charge in [0.1, 0.15) is 6.54 Å². The highest BCUT2D eigenvalue weighted by molar-refractivity contribution is 5.76. The molecule has 2 aromatic heterocycles. The Balaban J connectivity index is 1.64. The van der Waals surface area contributed by atoms with Crippen LogP contribution < -0.4 is 10.5 Å². The smallest absolute Gasteiger partial charge is 0.368 e. The summed E-state index contributed by atoms with van der Waals surface area (Å²) in [7, 11) is 0. The number of hydrogen-bond acceptors (Lipinski definition) is 4. The second kappa shape index (κ2) is 7.19. The number of aromatic nitrogens is 2. The molecule has 3 heterocycles. The van der Waals surface area contributed by atoms with E-state index >= 15 is 0 Å². The van der Waals surface area contributed by atoms with Crippen molar-refractivity contribution in [1.29, 1.82) is 0 Å². The van der Waals surface area contributed by atoms with Crippen molar-refractivity contribution in [2.45, 2.75) is 12.7 Å². The lowest BCUT2D eigenvalue weighted by Crippen LogP contribution is -2.50. The van der Waals surface area contributed by atoms with Gasteiger partial charge in [-0.25, -0.2) is 0 Å². The predicted octanol–water partition coefficient (Wildman–Crippen LogP) is 1.61. The van der Waals surface area contributed by atoms with Crippen molar-refractivity contribution in [3.63, 3.8) is 0 Å². The van der Waals surface area contributed by atoms with Gasteiger partial charge in [-0.2, -0.15) is 13.2 Å². The number of alkyl halides is 3. The molecule has 1 fully saturated rings. The molecule has 26 heavy (non-hydrogen) atoms. The van der Waals surface area contributed by atoms with Gasteiger partial charge in [0.05, 0.1) is 5.56 Å². The van der Waals surface area contributed by atoms with Crippen LogP contribution in [0.5, 0.6) is 0 Å². The summed E-state index contributed by atoms with van der Waals surface area (Å²) in [6.45, 7) is 1.68. The Morgan fingerprint density at radius 1 is 1.04 bits per heavy atom. The highest BCUT2D eigenvalue weighted by Gasteiger charge is 2.31. The number of rotatable bonds is 3. The Bertz CT molecular complexity index is 828. The number of carbonyl (C=O) groups is 1. The van der Waals surface area contributed by atoms with E-state index in [0.29, 0.717) is 32.4 Å². The van der Waals surface area contributed by atoms with Gasteiger partial charge >= 0.3 is 6.18 Å². The van der Waals surface area contributed by atoms with E-state index in [1.54, 1.807) is 17.3 Å². The van der Waals surface area contributed by atoms with Gasteiger partial charge in [-0.3, -0.25) is 14.6 Å². The molecule has 0 bridgehead atoms. The minimum absolute atomic E-state index is 0.374. The first kappa shape index (κ1) is 18.0. The van der Waals surface area contributed by atoms with Crippen molar-refractivity contribution in [2.75, 3.05) is 31.1 Å². The molecule has 1 amide bonds. The van der Waals surface area contributed by atoms with E-state index in [2.05, 4.69) is 9.88 Å². The van der Waals surface area contributed by atoms with Crippen LogP contribution in [0.15, 0.2) is 47.7 Å². The number of carbonyl (C=O) groups excluding carboxylic acids is 1. The van der Waals surface area contributed by atoms with E-state index in [-0.39, 0.29) is 5.91 Å². The van der Waals surface area contributed by atoms with Crippen LogP contribution in [0.3, 0.4) is 0 Å². The molecule has 0 N–H and O–H groups in total. The Kier molecular flexibility index (Phi) is 4.97. The monoisotopic (exact) mass is 366 g/mol. The van der Waals surface area contributed by atoms with Gasteiger partial charge in [0.2, 0.25) is 5.91 Å². The Morgan fingerprint density at radius 2 is 1.69 bits per heavy atom. The number of anilines is 1. The minimum atomic E-state index is -4.56. The van der Waals surface area contributed by atoms with Crippen molar-refractivity contribution in [3.05, 3.63) is 58.8 Å². The summed E-state index contributed by atoms with van der Waals surface area (Å²) in [6.07, 6.45) is -0.498. The maximum atomic E-state index is 12.8. The second-order valence-corrected chi connectivity index (χ2v) is 5.95. The highest BCUT2D eigenvalue weighted by atomic mass is 19.4. The maximum absolute atomic E-state index is 12.8. The molecule has 0 aromatic carbocycles. The maximum Gasteiger partial charge on any atom is 0.417 e. The summed E-state index contributed by atoms with van der Waals surface area (Å²) in [5.74, 6) is -0.374. The molecule has 1 saturated heterocycles. The van der Waals surface area contributed by atoms with Gasteiger partial charge in [0.25, 0.3) is 5.56 Å². The quantitative estimate of drug-likeness (QED) is 0.828. The number of halogens is 3. The lowest BCUT2D eigenvalue weighted by molar-refractivity contribution is -0.138. The summed E-state index contributed by atoms with van der Waals surface area (Å²) in [4.78, 5) is 31.8. The van der Waals surface area contributed by atoms with E-state index in [0.717, 1.165) is 22.4 Å². The summed E-state index contributed by atoms with van der Waals surface area (Å²) in [5.41, 5.74) is -0.588. The van der Waals surface area contributed by atoms with Crippen LogP contribution >= 0.6 is 0 Å². The molecular formula is C17H17F3N4O2. The number of hydrogen-bond donors (Lipinski definition) is 0. The Hall–Kier alpha value is -2.84. The molecule has 0 saturated carbocycles. The number of pyridine rings is 2. The molecule has 0 radical (unpaired) electrons. The zero-order valence-electron chi connectivity index (χ0n) is 13.8. The molecule has 9 heteroatoms. The van der Waals surface area contributed by atoms with Crippen LogP contribution in [0.25, 0.3) is 0 Å². The van der Waals surface area contributed by atoms with E-state index in [4.69, 9.17) is 0 Å². The second-order valence-electron chi connectivity index (χ2n) is 5.95. The molecule has 138 valence electrons. The zero-order chi connectivity index (χ0) is 18.7. The zero-order valence-corrected chi connectivity index (χ0v) is 13.8. The third-order valence-corrected chi connectivity index (χ3v) is 4.28. The highest BCUT2D eigenvalue weighted by Crippen LogP contribution is 2.28. The average molecular weight is 366 g/mol. The molecule has 0 unspecified atom stereocenters. The van der Waals surface area contributed by atoms with Crippen molar-refractivity contribution < 1.29 is 18.0 Å². The fourth-order valence-electron chi connectivity index (χ4n) is 2.84. The third-order valence-electron chi connectivity index (χ3n) is 4.28. The molecule has 0 atom stereocenters. The largest absolute Gasteiger partial charge is 0.417 e. The van der Waals surface area contributed by atoms with Crippen molar-refractivity contribution in [1.82, 2.24) is 14.5 Å². The molecule has 1 aliphatic rings. The van der Waals surface area contributed by atoms with E-state index in [1.807, 2.05) is 12.1 Å². The van der Waals surface area contributed by atoms with Gasteiger partial charge in [-0.15, -0.1) is 0 Å². The number of amides is 1. The minimum Gasteiger partial charge on any atom is -0.368 e. The molecule has 2 aromatic rings. The van der Waals surface area contributed by atoms with Crippen molar-refractivity contribution in [3.8, 4) is 0 Å². The van der Waals surface area contributed by atoms with Crippen LogP contribution in [-0.2, 0) is 17.5 Å². The summed E-state index contributed by atoms with van der Waals surface area (Å²) >= 11 is 0. The average Bonchev–Trinajstić information content (AvgIpc) is 2.63. The summed E-state index contributed by atoms with van der Waals surface area (Å²) < 4.78 is 39.1. The van der Waals surface area contributed by atoms with Crippen LogP contribution in [-0.4, -0.2) is 46.5 Å². The molecular weight excluding hydrogens is 349 g/mol. The van der Waals surface area contributed by atoms with Gasteiger partial charge in [0, 0.05) is 56.5 Å². The summed E-state index contributed by atoms with van der Waals surface area (Å²) in [5, 5.41) is 0. The number of nitrogens with zero attached hydrogens (tertiary/aromatic N) is 4. The fourth-order valence-corrected chi connectivity index (χ4v) is 2.84. The van der Waals surface area contributed by atoms with Gasteiger partial charge < -0.3 is 14.4 Å². The van der Waals surface area contributed by atoms with E-state index < -0.39 is 23.8 Å². The van der Waals surface area contributed by atoms with E-state index in [1.165, 1.54) is 0 Å². The first-order valence-electron chi connectivity index (χ1n) is 8.05. The van der Waals surface area contributed by atoms with E-state index in [9.17, 15) is 22.8 Å². The number of piperazine rings is 1. The third kappa shape index (κ3) is 4.04. The Labute approximate surface area is 147 Å². The Morgan fingerprint density at radius 3 is 2.31 bits per heavy atom. The van der Waals surface area contributed by atoms with Gasteiger partial charge in [-0.1, -0.05) is 0 Å². The predicted molar refractivity (Wildman–Crippen MR) is 88.7 cm³/mol. The van der Waals surface area contributed by atoms with Crippen molar-refractivity contribution >= 4 is 11.6 Å². The topological polar surface area (TPSA) is 58.4 Å². The SMILES string of the molecule is O=C(Cn1cc(C(F)(F)F)ccc1=O)N1CCN(c2ccncc2)CC1. The normalized spacial score (nSPS) is 15.2. The van der Waals surface area contributed by atoms with Crippen LogP contribution in [0.4, 0.5) is 18.9 Å². The molecule has 0 spiro atoms. The van der Waals surface area contributed by atoms with Crippen LogP contribution in [0.2, 0.25) is 0 Å². The fraction of sp³-hybridized carbons (Fsp3) is 0.353. The van der Waals surface area contributed by atoms with Crippen LogP contribution in [0, 0.1) is 0 Å². The van der Waals surface area contributed by atoms with Crippen LogP contribution in [0.1, 0.15) is 5.56 Å². The first-order chi connectivity index (χ1) is 12.3. The lowest BCUT2D eigenvalue weighted by Gasteiger charge is -2.36. The molecule has 0 aliphatic carbocycles. The molecule has 3 rings (SSSR count).